The quantitative estimate of drug-likeness (QED) is 0.652. The molecule has 0 aliphatic rings. The number of carbonyl (C=O) groups is 1. The fraction of sp³-hybridized carbons (Fsp3) is 0.250. The van der Waals surface area contributed by atoms with Gasteiger partial charge in [-0.05, 0) is 25.1 Å². The summed E-state index contributed by atoms with van der Waals surface area (Å²) >= 11 is 7.56. The van der Waals surface area contributed by atoms with Gasteiger partial charge in [0, 0.05) is 21.8 Å². The van der Waals surface area contributed by atoms with Crippen molar-refractivity contribution in [3.8, 4) is 12.3 Å². The van der Waals surface area contributed by atoms with Gasteiger partial charge in [0.2, 0.25) is 0 Å². The summed E-state index contributed by atoms with van der Waals surface area (Å²) in [5.74, 6) is 2.35. The number of rotatable bonds is 3. The Morgan fingerprint density at radius 3 is 2.94 bits per heavy atom. The fourth-order valence-electron chi connectivity index (χ4n) is 1.23. The van der Waals surface area contributed by atoms with E-state index in [2.05, 4.69) is 39.8 Å². The lowest BCUT2D eigenvalue weighted by Crippen LogP contribution is -2.32. The average molecular weight is 298 g/mol. The van der Waals surface area contributed by atoms with Crippen molar-refractivity contribution in [3.05, 3.63) is 28.2 Å². The van der Waals surface area contributed by atoms with Gasteiger partial charge in [-0.15, -0.1) is 25.0 Å². The molecule has 0 aromatic heterocycles. The van der Waals surface area contributed by atoms with Gasteiger partial charge >= 0.3 is 0 Å². The second kappa shape index (κ2) is 5.97. The van der Waals surface area contributed by atoms with Gasteiger partial charge in [0.1, 0.15) is 0 Å². The molecule has 1 amide bonds. The first-order valence-electron chi connectivity index (χ1n) is 4.77. The van der Waals surface area contributed by atoms with E-state index in [1.807, 2.05) is 6.92 Å². The van der Waals surface area contributed by atoms with E-state index in [1.54, 1.807) is 18.2 Å². The molecule has 0 spiro atoms. The topological polar surface area (TPSA) is 29.1 Å². The first-order valence-corrected chi connectivity index (χ1v) is 6.01. The molecule has 2 nitrogen and oxygen atoms in total. The molecule has 0 heterocycles. The SMILES string of the molecule is C#CCC(C)NC(=O)c1ccc(Br)cc1S. The number of hydrogen-bond donors (Lipinski definition) is 2. The summed E-state index contributed by atoms with van der Waals surface area (Å²) in [5.41, 5.74) is 0.551. The van der Waals surface area contributed by atoms with Crippen LogP contribution >= 0.6 is 28.6 Å². The summed E-state index contributed by atoms with van der Waals surface area (Å²) in [4.78, 5) is 12.5. The van der Waals surface area contributed by atoms with Gasteiger partial charge in [-0.3, -0.25) is 4.79 Å². The van der Waals surface area contributed by atoms with E-state index >= 15 is 0 Å². The summed E-state index contributed by atoms with van der Waals surface area (Å²) in [6.07, 6.45) is 5.69. The van der Waals surface area contributed by atoms with E-state index in [1.165, 1.54) is 0 Å². The zero-order chi connectivity index (χ0) is 12.1. The molecular formula is C12H12BrNOS. The molecule has 0 aliphatic carbocycles. The Morgan fingerprint density at radius 1 is 1.69 bits per heavy atom. The monoisotopic (exact) mass is 297 g/mol. The number of carbonyl (C=O) groups excluding carboxylic acids is 1. The lowest BCUT2D eigenvalue weighted by molar-refractivity contribution is 0.0938. The first-order chi connectivity index (χ1) is 7.54. The Hall–Kier alpha value is -0.920. The number of amides is 1. The lowest BCUT2D eigenvalue weighted by Gasteiger charge is -2.12. The van der Waals surface area contributed by atoms with Gasteiger partial charge in [0.25, 0.3) is 5.91 Å². The molecule has 0 aliphatic heterocycles. The smallest absolute Gasteiger partial charge is 0.252 e. The van der Waals surface area contributed by atoms with E-state index in [0.29, 0.717) is 16.9 Å². The fourth-order valence-corrected chi connectivity index (χ4v) is 2.08. The molecule has 0 radical (unpaired) electrons. The maximum absolute atomic E-state index is 11.8. The van der Waals surface area contributed by atoms with Crippen molar-refractivity contribution < 1.29 is 4.79 Å². The minimum absolute atomic E-state index is 0.0334. The van der Waals surface area contributed by atoms with Crippen LogP contribution in [0.2, 0.25) is 0 Å². The van der Waals surface area contributed by atoms with E-state index in [-0.39, 0.29) is 11.9 Å². The number of hydrogen-bond acceptors (Lipinski definition) is 2. The van der Waals surface area contributed by atoms with Crippen LogP contribution in [0, 0.1) is 12.3 Å². The molecule has 1 aromatic carbocycles. The maximum Gasteiger partial charge on any atom is 0.252 e. The van der Waals surface area contributed by atoms with Crippen molar-refractivity contribution in [1.82, 2.24) is 5.32 Å². The van der Waals surface area contributed by atoms with Crippen LogP contribution in [-0.2, 0) is 0 Å². The normalized spacial score (nSPS) is 11.6. The Morgan fingerprint density at radius 2 is 2.38 bits per heavy atom. The third-order valence-corrected chi connectivity index (χ3v) is 2.87. The highest BCUT2D eigenvalue weighted by Crippen LogP contribution is 2.19. The molecular weight excluding hydrogens is 286 g/mol. The third-order valence-electron chi connectivity index (χ3n) is 2.01. The van der Waals surface area contributed by atoms with Crippen molar-refractivity contribution in [2.75, 3.05) is 0 Å². The molecule has 1 atom stereocenters. The van der Waals surface area contributed by atoms with Gasteiger partial charge in [-0.25, -0.2) is 0 Å². The van der Waals surface area contributed by atoms with Crippen molar-refractivity contribution in [2.45, 2.75) is 24.3 Å². The minimum Gasteiger partial charge on any atom is -0.349 e. The highest BCUT2D eigenvalue weighted by Gasteiger charge is 2.11. The molecule has 1 N–H and O–H groups in total. The first kappa shape index (κ1) is 13.1. The third kappa shape index (κ3) is 3.58. The highest BCUT2D eigenvalue weighted by molar-refractivity contribution is 9.10. The van der Waals surface area contributed by atoms with Crippen LogP contribution in [0.25, 0.3) is 0 Å². The molecule has 0 fully saturated rings. The Kier molecular flexibility index (Phi) is 4.91. The van der Waals surface area contributed by atoms with Crippen LogP contribution in [0.4, 0.5) is 0 Å². The zero-order valence-corrected chi connectivity index (χ0v) is 11.3. The summed E-state index contributed by atoms with van der Waals surface area (Å²) in [6, 6.07) is 5.28. The van der Waals surface area contributed by atoms with Crippen LogP contribution in [0.5, 0.6) is 0 Å². The number of nitrogens with one attached hydrogen (secondary N) is 1. The largest absolute Gasteiger partial charge is 0.349 e. The molecule has 4 heteroatoms. The predicted octanol–water partition coefficient (Wildman–Crippen LogP) is 2.88. The van der Waals surface area contributed by atoms with Crippen molar-refractivity contribution in [2.24, 2.45) is 0 Å². The van der Waals surface area contributed by atoms with E-state index in [0.717, 1.165) is 4.47 Å². The Bertz CT molecular complexity index is 439. The predicted molar refractivity (Wildman–Crippen MR) is 71.8 cm³/mol. The van der Waals surface area contributed by atoms with E-state index in [9.17, 15) is 4.79 Å². The molecule has 1 rings (SSSR count). The van der Waals surface area contributed by atoms with Crippen LogP contribution in [0.3, 0.4) is 0 Å². The zero-order valence-electron chi connectivity index (χ0n) is 8.83. The molecule has 0 bridgehead atoms. The maximum atomic E-state index is 11.8. The van der Waals surface area contributed by atoms with Gasteiger partial charge in [0.05, 0.1) is 5.56 Å². The molecule has 0 saturated carbocycles. The summed E-state index contributed by atoms with van der Waals surface area (Å²) in [6.45, 7) is 1.87. The van der Waals surface area contributed by atoms with Gasteiger partial charge in [0.15, 0.2) is 0 Å². The number of benzene rings is 1. The molecule has 1 aromatic rings. The summed E-state index contributed by atoms with van der Waals surface area (Å²) in [7, 11) is 0. The second-order valence-electron chi connectivity index (χ2n) is 3.44. The Labute approximate surface area is 109 Å². The van der Waals surface area contributed by atoms with Crippen molar-refractivity contribution in [1.29, 1.82) is 0 Å². The van der Waals surface area contributed by atoms with Gasteiger partial charge in [-0.2, -0.15) is 0 Å². The highest BCUT2D eigenvalue weighted by atomic mass is 79.9. The minimum atomic E-state index is -0.153. The van der Waals surface area contributed by atoms with Crippen molar-refractivity contribution >= 4 is 34.5 Å². The van der Waals surface area contributed by atoms with Crippen molar-refractivity contribution in [3.63, 3.8) is 0 Å². The van der Waals surface area contributed by atoms with Crippen LogP contribution in [-0.4, -0.2) is 11.9 Å². The van der Waals surface area contributed by atoms with E-state index in [4.69, 9.17) is 6.42 Å². The number of terminal acetylenes is 1. The van der Waals surface area contributed by atoms with Crippen LogP contribution < -0.4 is 5.32 Å². The average Bonchev–Trinajstić information content (AvgIpc) is 2.17. The lowest BCUT2D eigenvalue weighted by atomic mass is 10.2. The van der Waals surface area contributed by atoms with E-state index < -0.39 is 0 Å². The standard InChI is InChI=1S/C12H12BrNOS/c1-3-4-8(2)14-12(15)10-6-5-9(13)7-11(10)16/h1,5-8,16H,4H2,2H3,(H,14,15). The number of thiol groups is 1. The van der Waals surface area contributed by atoms with Gasteiger partial charge in [-0.1, -0.05) is 15.9 Å². The molecule has 0 saturated heterocycles. The van der Waals surface area contributed by atoms with Crippen LogP contribution in [0.1, 0.15) is 23.7 Å². The number of halogens is 1. The molecule has 1 unspecified atom stereocenters. The summed E-state index contributed by atoms with van der Waals surface area (Å²) < 4.78 is 0.894. The van der Waals surface area contributed by atoms with Crippen LogP contribution in [0.15, 0.2) is 27.6 Å². The Balaban J connectivity index is 2.78. The summed E-state index contributed by atoms with van der Waals surface area (Å²) in [5, 5.41) is 2.81. The molecule has 84 valence electrons. The molecule has 16 heavy (non-hydrogen) atoms. The second-order valence-corrected chi connectivity index (χ2v) is 4.84. The van der Waals surface area contributed by atoms with Gasteiger partial charge < -0.3 is 5.32 Å².